The lowest BCUT2D eigenvalue weighted by atomic mass is 10.1. The molecule has 0 aromatic carbocycles. The summed E-state index contributed by atoms with van der Waals surface area (Å²) in [4.78, 5) is 10.8. The van der Waals surface area contributed by atoms with Crippen molar-refractivity contribution in [1.29, 1.82) is 0 Å². The number of ether oxygens (including phenoxy) is 2. The number of carboxylic acid groups (broad SMARTS) is 1. The Bertz CT molecular complexity index is 270. The number of rotatable bonds is 17. The molecule has 0 amide bonds. The van der Waals surface area contributed by atoms with Crippen LogP contribution in [0.2, 0.25) is 0 Å². The first-order valence-electron chi connectivity index (χ1n) is 9.12. The van der Waals surface area contributed by atoms with E-state index in [0.29, 0.717) is 6.61 Å². The molecule has 2 atom stereocenters. The zero-order valence-electron chi connectivity index (χ0n) is 15.0. The van der Waals surface area contributed by atoms with Crippen molar-refractivity contribution in [2.75, 3.05) is 20.3 Å². The minimum Gasteiger partial charge on any atom is -0.481 e. The first-order chi connectivity index (χ1) is 11.1. The Morgan fingerprint density at radius 2 is 1.48 bits per heavy atom. The van der Waals surface area contributed by atoms with Crippen LogP contribution >= 0.6 is 0 Å². The van der Waals surface area contributed by atoms with Crippen LogP contribution in [0.15, 0.2) is 0 Å². The van der Waals surface area contributed by atoms with E-state index in [1.54, 1.807) is 0 Å². The van der Waals surface area contributed by atoms with Crippen molar-refractivity contribution in [2.24, 2.45) is 0 Å². The summed E-state index contributed by atoms with van der Waals surface area (Å²) < 4.78 is 10.4. The van der Waals surface area contributed by atoms with Crippen LogP contribution in [0.4, 0.5) is 0 Å². The number of aliphatic hydroxyl groups is 1. The van der Waals surface area contributed by atoms with Gasteiger partial charge in [-0.15, -0.1) is 0 Å². The van der Waals surface area contributed by atoms with Crippen molar-refractivity contribution in [3.63, 3.8) is 0 Å². The lowest BCUT2D eigenvalue weighted by molar-refractivity contribution is -0.144. The molecule has 2 unspecified atom stereocenters. The SMILES string of the molecule is CCCCCCCCCCCCOC(CC(=O)O)C(O)COC. The molecule has 0 heterocycles. The Hall–Kier alpha value is -0.650. The molecule has 0 aliphatic rings. The van der Waals surface area contributed by atoms with Gasteiger partial charge in [-0.2, -0.15) is 0 Å². The van der Waals surface area contributed by atoms with Gasteiger partial charge in [-0.3, -0.25) is 4.79 Å². The molecule has 0 spiro atoms. The normalized spacial score (nSPS) is 13.9. The van der Waals surface area contributed by atoms with Gasteiger partial charge in [0.25, 0.3) is 0 Å². The predicted octanol–water partition coefficient (Wildman–Crippen LogP) is 3.77. The van der Waals surface area contributed by atoms with Gasteiger partial charge >= 0.3 is 5.97 Å². The van der Waals surface area contributed by atoms with E-state index in [-0.39, 0.29) is 13.0 Å². The lowest BCUT2D eigenvalue weighted by Crippen LogP contribution is -2.35. The zero-order valence-corrected chi connectivity index (χ0v) is 15.0. The molecule has 0 rings (SSSR count). The third kappa shape index (κ3) is 14.7. The van der Waals surface area contributed by atoms with Crippen LogP contribution in [-0.4, -0.2) is 48.7 Å². The molecule has 23 heavy (non-hydrogen) atoms. The van der Waals surface area contributed by atoms with Gasteiger partial charge in [0.15, 0.2) is 0 Å². The molecule has 0 bridgehead atoms. The first kappa shape index (κ1) is 22.4. The fourth-order valence-electron chi connectivity index (χ4n) is 2.58. The number of carbonyl (C=O) groups is 1. The quantitative estimate of drug-likeness (QED) is 0.396. The van der Waals surface area contributed by atoms with Crippen molar-refractivity contribution in [1.82, 2.24) is 0 Å². The van der Waals surface area contributed by atoms with Crippen LogP contribution in [0.5, 0.6) is 0 Å². The van der Waals surface area contributed by atoms with Gasteiger partial charge in [0.2, 0.25) is 0 Å². The number of carboxylic acids is 1. The Morgan fingerprint density at radius 3 is 1.96 bits per heavy atom. The zero-order chi connectivity index (χ0) is 17.3. The van der Waals surface area contributed by atoms with Crippen LogP contribution in [0.3, 0.4) is 0 Å². The van der Waals surface area contributed by atoms with Crippen molar-refractivity contribution in [2.45, 2.75) is 89.8 Å². The van der Waals surface area contributed by atoms with Gasteiger partial charge in [-0.05, 0) is 6.42 Å². The Morgan fingerprint density at radius 1 is 0.957 bits per heavy atom. The maximum Gasteiger partial charge on any atom is 0.306 e. The molecule has 0 aromatic heterocycles. The second-order valence-electron chi connectivity index (χ2n) is 6.21. The molecular formula is C18H36O5. The number of hydrogen-bond acceptors (Lipinski definition) is 4. The number of unbranched alkanes of at least 4 members (excludes halogenated alkanes) is 9. The smallest absolute Gasteiger partial charge is 0.306 e. The molecule has 0 aromatic rings. The molecule has 138 valence electrons. The van der Waals surface area contributed by atoms with Gasteiger partial charge in [0.1, 0.15) is 6.10 Å². The van der Waals surface area contributed by atoms with Gasteiger partial charge in [0.05, 0.1) is 19.1 Å². The van der Waals surface area contributed by atoms with Crippen molar-refractivity contribution in [3.05, 3.63) is 0 Å². The van der Waals surface area contributed by atoms with Crippen molar-refractivity contribution >= 4 is 5.97 Å². The summed E-state index contributed by atoms with van der Waals surface area (Å²) in [6.45, 7) is 2.82. The lowest BCUT2D eigenvalue weighted by Gasteiger charge is -2.21. The number of aliphatic hydroxyl groups excluding tert-OH is 1. The second-order valence-corrected chi connectivity index (χ2v) is 6.21. The van der Waals surface area contributed by atoms with Crippen LogP contribution in [0.1, 0.15) is 77.6 Å². The molecule has 5 heteroatoms. The van der Waals surface area contributed by atoms with E-state index in [1.165, 1.54) is 58.5 Å². The average molecular weight is 332 g/mol. The summed E-state index contributed by atoms with van der Waals surface area (Å²) in [5, 5.41) is 18.7. The molecule has 0 radical (unpaired) electrons. The van der Waals surface area contributed by atoms with E-state index in [9.17, 15) is 9.90 Å². The summed E-state index contributed by atoms with van der Waals surface area (Å²) in [6.07, 6.45) is 10.7. The van der Waals surface area contributed by atoms with Crippen LogP contribution in [-0.2, 0) is 14.3 Å². The Balaban J connectivity index is 3.56. The van der Waals surface area contributed by atoms with E-state index in [2.05, 4.69) is 6.92 Å². The highest BCUT2D eigenvalue weighted by Gasteiger charge is 2.22. The average Bonchev–Trinajstić information content (AvgIpc) is 2.51. The maximum absolute atomic E-state index is 10.8. The molecule has 0 saturated carbocycles. The maximum atomic E-state index is 10.8. The monoisotopic (exact) mass is 332 g/mol. The topological polar surface area (TPSA) is 76.0 Å². The minimum atomic E-state index is -0.965. The summed E-state index contributed by atoms with van der Waals surface area (Å²) in [5.74, 6) is -0.965. The highest BCUT2D eigenvalue weighted by molar-refractivity contribution is 5.67. The first-order valence-corrected chi connectivity index (χ1v) is 9.12. The van der Waals surface area contributed by atoms with Gasteiger partial charge in [-0.25, -0.2) is 0 Å². The Labute approximate surface area is 141 Å². The highest BCUT2D eigenvalue weighted by Crippen LogP contribution is 2.12. The predicted molar refractivity (Wildman–Crippen MR) is 91.7 cm³/mol. The van der Waals surface area contributed by atoms with E-state index < -0.39 is 18.2 Å². The van der Waals surface area contributed by atoms with Crippen LogP contribution in [0.25, 0.3) is 0 Å². The van der Waals surface area contributed by atoms with Crippen LogP contribution in [0, 0.1) is 0 Å². The fraction of sp³-hybridized carbons (Fsp3) is 0.944. The largest absolute Gasteiger partial charge is 0.481 e. The fourth-order valence-corrected chi connectivity index (χ4v) is 2.58. The number of hydrogen-bond donors (Lipinski definition) is 2. The number of methoxy groups -OCH3 is 1. The molecular weight excluding hydrogens is 296 g/mol. The van der Waals surface area contributed by atoms with E-state index in [0.717, 1.165) is 12.8 Å². The van der Waals surface area contributed by atoms with Crippen molar-refractivity contribution < 1.29 is 24.5 Å². The molecule has 2 N–H and O–H groups in total. The minimum absolute atomic E-state index is 0.0932. The third-order valence-corrected chi connectivity index (χ3v) is 3.97. The van der Waals surface area contributed by atoms with Crippen LogP contribution < -0.4 is 0 Å². The Kier molecular flexibility index (Phi) is 15.8. The van der Waals surface area contributed by atoms with E-state index in [1.807, 2.05) is 0 Å². The van der Waals surface area contributed by atoms with Gasteiger partial charge < -0.3 is 19.7 Å². The van der Waals surface area contributed by atoms with Gasteiger partial charge in [-0.1, -0.05) is 64.7 Å². The molecule has 0 aliphatic carbocycles. The second kappa shape index (κ2) is 16.2. The van der Waals surface area contributed by atoms with Crippen molar-refractivity contribution in [3.8, 4) is 0 Å². The van der Waals surface area contributed by atoms with E-state index >= 15 is 0 Å². The third-order valence-electron chi connectivity index (χ3n) is 3.97. The summed E-state index contributed by atoms with van der Waals surface area (Å²) >= 11 is 0. The number of aliphatic carboxylic acids is 1. The van der Waals surface area contributed by atoms with E-state index in [4.69, 9.17) is 14.6 Å². The molecule has 0 fully saturated rings. The summed E-state index contributed by atoms with van der Waals surface area (Å²) in [5.41, 5.74) is 0. The summed E-state index contributed by atoms with van der Waals surface area (Å²) in [6, 6.07) is 0. The molecule has 5 nitrogen and oxygen atoms in total. The standard InChI is InChI=1S/C18H36O5/c1-3-4-5-6-7-8-9-10-11-12-13-23-17(14-18(20)21)16(19)15-22-2/h16-17,19H,3-15H2,1-2H3,(H,20,21). The molecule has 0 saturated heterocycles. The summed E-state index contributed by atoms with van der Waals surface area (Å²) in [7, 11) is 1.48. The van der Waals surface area contributed by atoms with Gasteiger partial charge in [0, 0.05) is 13.7 Å². The highest BCUT2D eigenvalue weighted by atomic mass is 16.5. The molecule has 0 aliphatic heterocycles.